The van der Waals surface area contributed by atoms with Crippen molar-refractivity contribution < 1.29 is 4.39 Å². The summed E-state index contributed by atoms with van der Waals surface area (Å²) in [5, 5.41) is 0. The molecule has 2 N–H and O–H groups in total. The molecule has 0 saturated heterocycles. The number of nitrogens with two attached hydrogens (primary N) is 1. The zero-order chi connectivity index (χ0) is 13.1. The first-order valence-corrected chi connectivity index (χ1v) is 5.87. The van der Waals surface area contributed by atoms with Crippen LogP contribution >= 0.6 is 0 Å². The van der Waals surface area contributed by atoms with Gasteiger partial charge in [-0.3, -0.25) is 0 Å². The molecule has 0 unspecified atom stereocenters. The third-order valence-electron chi connectivity index (χ3n) is 2.87. The van der Waals surface area contributed by atoms with Crippen molar-refractivity contribution >= 4 is 17.2 Å². The molecule has 0 saturated carbocycles. The maximum Gasteiger partial charge on any atom is 0.133 e. The first-order valence-electron chi connectivity index (χ1n) is 5.87. The van der Waals surface area contributed by atoms with E-state index in [1.807, 2.05) is 24.8 Å². The molecule has 3 nitrogen and oxygen atoms in total. The number of rotatable bonds is 3. The third-order valence-corrected chi connectivity index (χ3v) is 2.87. The minimum Gasteiger partial charge on any atom is -0.397 e. The first kappa shape index (κ1) is 12.4. The maximum atomic E-state index is 12.9. The number of hydrogen-bond donors (Lipinski definition) is 1. The van der Waals surface area contributed by atoms with E-state index in [-0.39, 0.29) is 5.82 Å². The molecule has 2 rings (SSSR count). The molecular weight excluding hydrogens is 229 g/mol. The van der Waals surface area contributed by atoms with Gasteiger partial charge in [0.05, 0.1) is 11.9 Å². The Morgan fingerprint density at radius 2 is 1.94 bits per heavy atom. The van der Waals surface area contributed by atoms with Crippen LogP contribution in [0.2, 0.25) is 0 Å². The molecule has 0 radical (unpaired) electrons. The van der Waals surface area contributed by atoms with E-state index in [2.05, 4.69) is 4.98 Å². The van der Waals surface area contributed by atoms with Crippen molar-refractivity contribution in [3.63, 3.8) is 0 Å². The van der Waals surface area contributed by atoms with Crippen molar-refractivity contribution in [3.05, 3.63) is 47.9 Å². The molecule has 94 valence electrons. The first-order chi connectivity index (χ1) is 8.61. The molecule has 0 spiro atoms. The lowest BCUT2D eigenvalue weighted by Gasteiger charge is -2.22. The predicted molar refractivity (Wildman–Crippen MR) is 72.5 cm³/mol. The van der Waals surface area contributed by atoms with Crippen molar-refractivity contribution in [1.82, 2.24) is 4.98 Å². The van der Waals surface area contributed by atoms with Gasteiger partial charge in [-0.2, -0.15) is 0 Å². The van der Waals surface area contributed by atoms with Gasteiger partial charge in [0.1, 0.15) is 11.6 Å². The highest BCUT2D eigenvalue weighted by Crippen LogP contribution is 2.25. The van der Waals surface area contributed by atoms with Crippen LogP contribution in [0.1, 0.15) is 12.5 Å². The predicted octanol–water partition coefficient (Wildman–Crippen LogP) is 3.27. The van der Waals surface area contributed by atoms with Crippen LogP contribution in [0.5, 0.6) is 0 Å². The summed E-state index contributed by atoms with van der Waals surface area (Å²) in [5.41, 5.74) is 8.33. The molecule has 18 heavy (non-hydrogen) atoms. The molecule has 0 bridgehead atoms. The minimum absolute atomic E-state index is 0.240. The van der Waals surface area contributed by atoms with E-state index in [0.29, 0.717) is 5.69 Å². The molecule has 1 heterocycles. The Balaban J connectivity index is 2.38. The lowest BCUT2D eigenvalue weighted by atomic mass is 10.2. The largest absolute Gasteiger partial charge is 0.397 e. The zero-order valence-corrected chi connectivity index (χ0v) is 10.5. The fraction of sp³-hybridized carbons (Fsp3) is 0.214. The summed E-state index contributed by atoms with van der Waals surface area (Å²) in [6.07, 6.45) is 1.65. The van der Waals surface area contributed by atoms with Crippen LogP contribution in [-0.4, -0.2) is 11.5 Å². The number of nitrogen functional groups attached to an aromatic ring is 1. The number of pyridine rings is 1. The molecule has 1 aromatic carbocycles. The molecule has 0 aliphatic carbocycles. The molecule has 4 heteroatoms. The van der Waals surface area contributed by atoms with Gasteiger partial charge in [0.15, 0.2) is 0 Å². The Hall–Kier alpha value is -2.10. The van der Waals surface area contributed by atoms with Crippen LogP contribution in [0.25, 0.3) is 0 Å². The summed E-state index contributed by atoms with van der Waals surface area (Å²) >= 11 is 0. The Labute approximate surface area is 106 Å². The van der Waals surface area contributed by atoms with E-state index in [0.717, 1.165) is 23.6 Å². The van der Waals surface area contributed by atoms with E-state index in [1.165, 1.54) is 12.1 Å². The van der Waals surface area contributed by atoms with Crippen LogP contribution in [0, 0.1) is 12.7 Å². The standard InChI is InChI=1S/C14H16FN3/c1-3-18(12-6-4-11(15)5-7-12)14-8-10(2)13(16)9-17-14/h4-9H,3,16H2,1-2H3. The summed E-state index contributed by atoms with van der Waals surface area (Å²) in [5.74, 6) is 0.576. The normalized spacial score (nSPS) is 10.4. The van der Waals surface area contributed by atoms with Gasteiger partial charge in [0.2, 0.25) is 0 Å². The average Bonchev–Trinajstić information content (AvgIpc) is 2.37. The fourth-order valence-electron chi connectivity index (χ4n) is 1.80. The van der Waals surface area contributed by atoms with Gasteiger partial charge >= 0.3 is 0 Å². The van der Waals surface area contributed by atoms with E-state index in [4.69, 9.17) is 5.73 Å². The molecule has 0 aliphatic rings. The number of nitrogens with zero attached hydrogens (tertiary/aromatic N) is 2. The van der Waals surface area contributed by atoms with Crippen LogP contribution < -0.4 is 10.6 Å². The fourth-order valence-corrected chi connectivity index (χ4v) is 1.80. The number of hydrogen-bond acceptors (Lipinski definition) is 3. The molecule has 0 atom stereocenters. The van der Waals surface area contributed by atoms with Crippen molar-refractivity contribution in [2.24, 2.45) is 0 Å². The van der Waals surface area contributed by atoms with Gasteiger partial charge in [-0.15, -0.1) is 0 Å². The van der Waals surface area contributed by atoms with E-state index < -0.39 is 0 Å². The second-order valence-corrected chi connectivity index (χ2v) is 4.12. The van der Waals surface area contributed by atoms with Crippen LogP contribution in [0.15, 0.2) is 36.5 Å². The van der Waals surface area contributed by atoms with Crippen molar-refractivity contribution in [3.8, 4) is 0 Å². The Kier molecular flexibility index (Phi) is 3.46. The molecule has 1 aromatic heterocycles. The van der Waals surface area contributed by atoms with Crippen LogP contribution in [-0.2, 0) is 0 Å². The Morgan fingerprint density at radius 3 is 2.50 bits per heavy atom. The van der Waals surface area contributed by atoms with E-state index in [1.54, 1.807) is 18.3 Å². The monoisotopic (exact) mass is 245 g/mol. The average molecular weight is 245 g/mol. The smallest absolute Gasteiger partial charge is 0.133 e. The number of aryl methyl sites for hydroxylation is 1. The van der Waals surface area contributed by atoms with Gasteiger partial charge < -0.3 is 10.6 Å². The number of benzene rings is 1. The van der Waals surface area contributed by atoms with Gasteiger partial charge in [0.25, 0.3) is 0 Å². The molecule has 0 amide bonds. The van der Waals surface area contributed by atoms with Crippen molar-refractivity contribution in [2.45, 2.75) is 13.8 Å². The van der Waals surface area contributed by atoms with Crippen LogP contribution in [0.4, 0.5) is 21.6 Å². The molecule has 0 aliphatic heterocycles. The molecular formula is C14H16FN3. The quantitative estimate of drug-likeness (QED) is 0.902. The van der Waals surface area contributed by atoms with Crippen LogP contribution in [0.3, 0.4) is 0 Å². The minimum atomic E-state index is -0.240. The second-order valence-electron chi connectivity index (χ2n) is 4.12. The van der Waals surface area contributed by atoms with Gasteiger partial charge in [0, 0.05) is 12.2 Å². The Morgan fingerprint density at radius 1 is 1.28 bits per heavy atom. The SMILES string of the molecule is CCN(c1ccc(F)cc1)c1cc(C)c(N)cn1. The summed E-state index contributed by atoms with van der Waals surface area (Å²) in [7, 11) is 0. The summed E-state index contributed by atoms with van der Waals surface area (Å²) < 4.78 is 12.9. The van der Waals surface area contributed by atoms with Gasteiger partial charge in [-0.25, -0.2) is 9.37 Å². The molecule has 2 aromatic rings. The summed E-state index contributed by atoms with van der Waals surface area (Å²) in [6, 6.07) is 8.31. The van der Waals surface area contributed by atoms with E-state index in [9.17, 15) is 4.39 Å². The Bertz CT molecular complexity index is 537. The van der Waals surface area contributed by atoms with E-state index >= 15 is 0 Å². The van der Waals surface area contributed by atoms with Crippen molar-refractivity contribution in [1.29, 1.82) is 0 Å². The lowest BCUT2D eigenvalue weighted by molar-refractivity contribution is 0.628. The van der Waals surface area contributed by atoms with Gasteiger partial charge in [-0.1, -0.05) is 0 Å². The lowest BCUT2D eigenvalue weighted by Crippen LogP contribution is -2.17. The zero-order valence-electron chi connectivity index (χ0n) is 10.5. The topological polar surface area (TPSA) is 42.1 Å². The summed E-state index contributed by atoms with van der Waals surface area (Å²) in [6.45, 7) is 4.72. The van der Waals surface area contributed by atoms with Crippen molar-refractivity contribution in [2.75, 3.05) is 17.2 Å². The van der Waals surface area contributed by atoms with Gasteiger partial charge in [-0.05, 0) is 49.7 Å². The highest BCUT2D eigenvalue weighted by Gasteiger charge is 2.09. The highest BCUT2D eigenvalue weighted by atomic mass is 19.1. The number of aromatic nitrogens is 1. The second kappa shape index (κ2) is 5.04. The summed E-state index contributed by atoms with van der Waals surface area (Å²) in [4.78, 5) is 6.32. The number of anilines is 3. The maximum absolute atomic E-state index is 12.9. The number of halogens is 1. The third kappa shape index (κ3) is 2.42. The highest BCUT2D eigenvalue weighted by molar-refractivity contribution is 5.62. The molecule has 0 fully saturated rings.